The Hall–Kier alpha value is -4.07. The lowest BCUT2D eigenvalue weighted by atomic mass is 9.98. The molecule has 0 aliphatic heterocycles. The molecule has 1 aliphatic rings. The molecule has 0 radical (unpaired) electrons. The SMILES string of the molecule is COc1cncc(OC)c1CC[C@H](NC(=O)OCC1c2ccccc2-c2ccccc21)C(=O)O. The number of carbonyl (C=O) groups is 2. The van der Waals surface area contributed by atoms with Crippen LogP contribution in [0.1, 0.15) is 29.0 Å². The summed E-state index contributed by atoms with van der Waals surface area (Å²) in [4.78, 5) is 28.4. The predicted octanol–water partition coefficient (Wildman–Crippen LogP) is 4.02. The number of carbonyl (C=O) groups excluding carboxylic acids is 1. The van der Waals surface area contributed by atoms with Gasteiger partial charge in [-0.1, -0.05) is 48.5 Å². The quantitative estimate of drug-likeness (QED) is 0.495. The topological polar surface area (TPSA) is 107 Å². The highest BCUT2D eigenvalue weighted by Gasteiger charge is 2.30. The van der Waals surface area contributed by atoms with Crippen LogP contribution in [0.4, 0.5) is 4.79 Å². The first kappa shape index (κ1) is 23.1. The third-order valence-electron chi connectivity index (χ3n) is 6.04. The standard InChI is InChI=1S/C26H26N2O6/c1-32-23-13-27-14-24(33-2)20(23)11-12-22(25(29)30)28-26(31)34-15-21-18-9-5-3-7-16(18)17-8-4-6-10-19(17)21/h3-10,13-14,21-22H,11-12,15H2,1-2H3,(H,28,31)(H,29,30)/t22-/m0/s1. The van der Waals surface area contributed by atoms with Gasteiger partial charge in [-0.05, 0) is 35.1 Å². The number of fused-ring (bicyclic) bond motifs is 3. The predicted molar refractivity (Wildman–Crippen MR) is 125 cm³/mol. The number of nitrogens with zero attached hydrogens (tertiary/aromatic N) is 1. The molecule has 3 aromatic rings. The first-order chi connectivity index (χ1) is 16.5. The number of methoxy groups -OCH3 is 2. The van der Waals surface area contributed by atoms with Gasteiger partial charge in [0.05, 0.1) is 26.6 Å². The minimum absolute atomic E-state index is 0.105. The number of carboxylic acids is 1. The van der Waals surface area contributed by atoms with Gasteiger partial charge in [0, 0.05) is 11.5 Å². The van der Waals surface area contributed by atoms with Crippen molar-refractivity contribution in [1.29, 1.82) is 0 Å². The van der Waals surface area contributed by atoms with Crippen LogP contribution in [0.3, 0.4) is 0 Å². The number of amides is 1. The van der Waals surface area contributed by atoms with Crippen molar-refractivity contribution < 1.29 is 28.9 Å². The molecule has 0 saturated carbocycles. The van der Waals surface area contributed by atoms with E-state index in [-0.39, 0.29) is 18.9 Å². The van der Waals surface area contributed by atoms with Gasteiger partial charge in [-0.15, -0.1) is 0 Å². The molecular weight excluding hydrogens is 436 g/mol. The maximum atomic E-state index is 12.5. The van der Waals surface area contributed by atoms with Crippen molar-refractivity contribution in [3.8, 4) is 22.6 Å². The van der Waals surface area contributed by atoms with E-state index in [2.05, 4.69) is 22.4 Å². The Kier molecular flexibility index (Phi) is 6.96. The van der Waals surface area contributed by atoms with Crippen LogP contribution in [0.5, 0.6) is 11.5 Å². The van der Waals surface area contributed by atoms with E-state index in [4.69, 9.17) is 14.2 Å². The molecule has 4 rings (SSSR count). The highest BCUT2D eigenvalue weighted by Crippen LogP contribution is 2.44. The summed E-state index contributed by atoms with van der Waals surface area (Å²) >= 11 is 0. The maximum Gasteiger partial charge on any atom is 0.407 e. The molecule has 0 fully saturated rings. The first-order valence-corrected chi connectivity index (χ1v) is 10.9. The molecule has 0 saturated heterocycles. The third kappa shape index (κ3) is 4.66. The van der Waals surface area contributed by atoms with Gasteiger partial charge in [-0.3, -0.25) is 4.98 Å². The number of hydrogen-bond acceptors (Lipinski definition) is 6. The van der Waals surface area contributed by atoms with Gasteiger partial charge in [0.15, 0.2) is 0 Å². The van der Waals surface area contributed by atoms with E-state index in [1.807, 2.05) is 36.4 Å². The van der Waals surface area contributed by atoms with Gasteiger partial charge in [-0.25, -0.2) is 9.59 Å². The lowest BCUT2D eigenvalue weighted by molar-refractivity contribution is -0.139. The van der Waals surface area contributed by atoms with Crippen LogP contribution >= 0.6 is 0 Å². The fourth-order valence-electron chi connectivity index (χ4n) is 4.38. The van der Waals surface area contributed by atoms with E-state index in [0.717, 1.165) is 22.3 Å². The number of alkyl carbamates (subject to hydrolysis) is 1. The Labute approximate surface area is 197 Å². The maximum absolute atomic E-state index is 12.5. The zero-order valence-corrected chi connectivity index (χ0v) is 19.0. The monoisotopic (exact) mass is 462 g/mol. The fraction of sp³-hybridized carbons (Fsp3) is 0.269. The molecular formula is C26H26N2O6. The molecule has 0 bridgehead atoms. The van der Waals surface area contributed by atoms with E-state index in [1.54, 1.807) is 0 Å². The van der Waals surface area contributed by atoms with E-state index in [0.29, 0.717) is 23.5 Å². The molecule has 1 atom stereocenters. The molecule has 1 aliphatic carbocycles. The van der Waals surface area contributed by atoms with E-state index in [1.165, 1.54) is 26.6 Å². The average molecular weight is 463 g/mol. The second-order valence-electron chi connectivity index (χ2n) is 7.92. The van der Waals surface area contributed by atoms with Crippen molar-refractivity contribution in [1.82, 2.24) is 10.3 Å². The van der Waals surface area contributed by atoms with Gasteiger partial charge in [0.2, 0.25) is 0 Å². The van der Waals surface area contributed by atoms with E-state index >= 15 is 0 Å². The largest absolute Gasteiger partial charge is 0.495 e. The van der Waals surface area contributed by atoms with Gasteiger partial charge in [-0.2, -0.15) is 0 Å². The number of hydrogen-bond donors (Lipinski definition) is 2. The molecule has 8 nitrogen and oxygen atoms in total. The summed E-state index contributed by atoms with van der Waals surface area (Å²) < 4.78 is 16.1. The van der Waals surface area contributed by atoms with Crippen molar-refractivity contribution in [2.24, 2.45) is 0 Å². The number of ether oxygens (including phenoxy) is 3. The van der Waals surface area contributed by atoms with Crippen LogP contribution in [0.25, 0.3) is 11.1 Å². The fourth-order valence-corrected chi connectivity index (χ4v) is 4.38. The number of pyridine rings is 1. The number of benzene rings is 2. The van der Waals surface area contributed by atoms with Crippen molar-refractivity contribution >= 4 is 12.1 Å². The molecule has 2 N–H and O–H groups in total. The van der Waals surface area contributed by atoms with Crippen LogP contribution in [-0.2, 0) is 16.0 Å². The van der Waals surface area contributed by atoms with Crippen LogP contribution in [0.2, 0.25) is 0 Å². The van der Waals surface area contributed by atoms with Gasteiger partial charge in [0.1, 0.15) is 24.1 Å². The molecule has 0 unspecified atom stereocenters. The molecule has 2 aromatic carbocycles. The van der Waals surface area contributed by atoms with E-state index in [9.17, 15) is 14.7 Å². The summed E-state index contributed by atoms with van der Waals surface area (Å²) in [6.07, 6.45) is 2.72. The third-order valence-corrected chi connectivity index (χ3v) is 6.04. The minimum atomic E-state index is -1.15. The van der Waals surface area contributed by atoms with Crippen LogP contribution in [0, 0.1) is 0 Å². The van der Waals surface area contributed by atoms with Crippen LogP contribution in [0.15, 0.2) is 60.9 Å². The smallest absolute Gasteiger partial charge is 0.407 e. The normalized spacial score (nSPS) is 12.9. The molecule has 1 aromatic heterocycles. The molecule has 0 spiro atoms. The lowest BCUT2D eigenvalue weighted by Crippen LogP contribution is -2.41. The van der Waals surface area contributed by atoms with Crippen molar-refractivity contribution in [3.63, 3.8) is 0 Å². The lowest BCUT2D eigenvalue weighted by Gasteiger charge is -2.18. The van der Waals surface area contributed by atoms with Crippen molar-refractivity contribution in [3.05, 3.63) is 77.6 Å². The minimum Gasteiger partial charge on any atom is -0.495 e. The molecule has 1 heterocycles. The molecule has 176 valence electrons. The van der Waals surface area contributed by atoms with Gasteiger partial charge >= 0.3 is 12.1 Å². The highest BCUT2D eigenvalue weighted by atomic mass is 16.5. The Morgan fingerprint density at radius 1 is 0.971 bits per heavy atom. The average Bonchev–Trinajstić information content (AvgIpc) is 3.18. The number of aromatic nitrogens is 1. The number of aliphatic carboxylic acids is 1. The second kappa shape index (κ2) is 10.2. The summed E-state index contributed by atoms with van der Waals surface area (Å²) in [5.74, 6) is -0.276. The van der Waals surface area contributed by atoms with Crippen molar-refractivity contribution in [2.75, 3.05) is 20.8 Å². The molecule has 34 heavy (non-hydrogen) atoms. The zero-order chi connectivity index (χ0) is 24.1. The Balaban J connectivity index is 1.41. The Bertz CT molecular complexity index is 1130. The summed E-state index contributed by atoms with van der Waals surface area (Å²) in [7, 11) is 3.01. The van der Waals surface area contributed by atoms with Crippen LogP contribution in [-0.4, -0.2) is 49.0 Å². The summed E-state index contributed by atoms with van der Waals surface area (Å²) in [5, 5.41) is 12.1. The molecule has 8 heteroatoms. The Morgan fingerprint density at radius 2 is 1.53 bits per heavy atom. The summed E-state index contributed by atoms with van der Waals surface area (Å²) in [6, 6.07) is 14.9. The van der Waals surface area contributed by atoms with E-state index < -0.39 is 18.1 Å². The summed E-state index contributed by atoms with van der Waals surface area (Å²) in [5.41, 5.74) is 5.10. The molecule has 1 amide bonds. The Morgan fingerprint density at radius 3 is 2.06 bits per heavy atom. The highest BCUT2D eigenvalue weighted by molar-refractivity contribution is 5.81. The first-order valence-electron chi connectivity index (χ1n) is 10.9. The number of nitrogens with one attached hydrogen (secondary N) is 1. The zero-order valence-electron chi connectivity index (χ0n) is 19.0. The summed E-state index contributed by atoms with van der Waals surface area (Å²) in [6.45, 7) is 0.109. The van der Waals surface area contributed by atoms with Gasteiger partial charge < -0.3 is 24.6 Å². The number of rotatable bonds is 9. The van der Waals surface area contributed by atoms with Crippen LogP contribution < -0.4 is 14.8 Å². The number of carboxylic acid groups (broad SMARTS) is 1. The van der Waals surface area contributed by atoms with Gasteiger partial charge in [0.25, 0.3) is 0 Å². The van der Waals surface area contributed by atoms with Crippen molar-refractivity contribution in [2.45, 2.75) is 24.8 Å². The second-order valence-corrected chi connectivity index (χ2v) is 7.92.